The van der Waals surface area contributed by atoms with Crippen molar-refractivity contribution < 1.29 is 9.47 Å². The summed E-state index contributed by atoms with van der Waals surface area (Å²) in [5, 5.41) is 0. The molecule has 2 aliphatic heterocycles. The molecule has 23 heavy (non-hydrogen) atoms. The van der Waals surface area contributed by atoms with Crippen LogP contribution in [0.1, 0.15) is 16.7 Å². The predicted octanol–water partition coefficient (Wildman–Crippen LogP) is 3.26. The van der Waals surface area contributed by atoms with Crippen molar-refractivity contribution in [1.29, 1.82) is 0 Å². The van der Waals surface area contributed by atoms with Gasteiger partial charge >= 0.3 is 0 Å². The van der Waals surface area contributed by atoms with Gasteiger partial charge in [-0.1, -0.05) is 42.5 Å². The Morgan fingerprint density at radius 3 is 2.70 bits per heavy atom. The number of hydrogen-bond donors (Lipinski definition) is 0. The van der Waals surface area contributed by atoms with Gasteiger partial charge < -0.3 is 9.47 Å². The minimum Gasteiger partial charge on any atom is -0.379 e. The molecule has 0 aliphatic carbocycles. The average molecular weight is 309 g/mol. The number of rotatable bonds is 4. The lowest BCUT2D eigenvalue weighted by Gasteiger charge is -2.26. The van der Waals surface area contributed by atoms with Gasteiger partial charge in [-0.3, -0.25) is 4.90 Å². The van der Waals surface area contributed by atoms with Crippen LogP contribution in [0.15, 0.2) is 42.5 Å². The van der Waals surface area contributed by atoms with E-state index in [2.05, 4.69) is 47.4 Å². The maximum absolute atomic E-state index is 5.62. The molecule has 3 heteroatoms. The van der Waals surface area contributed by atoms with Gasteiger partial charge in [0.1, 0.15) is 0 Å². The van der Waals surface area contributed by atoms with E-state index in [1.54, 1.807) is 0 Å². The van der Waals surface area contributed by atoms with Crippen molar-refractivity contribution in [3.05, 3.63) is 59.2 Å². The predicted molar refractivity (Wildman–Crippen MR) is 91.3 cm³/mol. The lowest BCUT2D eigenvalue weighted by molar-refractivity contribution is 0.0384. The van der Waals surface area contributed by atoms with Gasteiger partial charge in [-0.15, -0.1) is 0 Å². The highest BCUT2D eigenvalue weighted by atomic mass is 16.5. The van der Waals surface area contributed by atoms with Crippen LogP contribution in [0.25, 0.3) is 11.1 Å². The van der Waals surface area contributed by atoms with Crippen molar-refractivity contribution in [1.82, 2.24) is 4.90 Å². The Morgan fingerprint density at radius 1 is 0.913 bits per heavy atom. The maximum Gasteiger partial charge on any atom is 0.0731 e. The molecule has 0 bridgehead atoms. The van der Waals surface area contributed by atoms with Crippen LogP contribution in [0.2, 0.25) is 0 Å². The highest BCUT2D eigenvalue weighted by Crippen LogP contribution is 2.31. The molecule has 1 fully saturated rings. The lowest BCUT2D eigenvalue weighted by Crippen LogP contribution is -2.37. The van der Waals surface area contributed by atoms with Crippen LogP contribution >= 0.6 is 0 Å². The van der Waals surface area contributed by atoms with Crippen LogP contribution in [0.5, 0.6) is 0 Å². The van der Waals surface area contributed by atoms with E-state index in [4.69, 9.17) is 9.47 Å². The van der Waals surface area contributed by atoms with Gasteiger partial charge in [0.25, 0.3) is 0 Å². The zero-order valence-electron chi connectivity index (χ0n) is 13.5. The van der Waals surface area contributed by atoms with Gasteiger partial charge in [0.05, 0.1) is 26.4 Å². The summed E-state index contributed by atoms with van der Waals surface area (Å²) in [5.41, 5.74) is 6.74. The summed E-state index contributed by atoms with van der Waals surface area (Å²) < 4.78 is 11.0. The van der Waals surface area contributed by atoms with Gasteiger partial charge in [-0.05, 0) is 34.2 Å². The topological polar surface area (TPSA) is 21.7 Å². The highest BCUT2D eigenvalue weighted by Gasteiger charge is 2.16. The molecular weight excluding hydrogens is 286 g/mol. The number of morpholine rings is 1. The fraction of sp³-hybridized carbons (Fsp3) is 0.400. The minimum atomic E-state index is 0.740. The summed E-state index contributed by atoms with van der Waals surface area (Å²) in [6.45, 7) is 6.46. The molecule has 2 aromatic rings. The zero-order chi connectivity index (χ0) is 15.5. The van der Waals surface area contributed by atoms with E-state index in [0.717, 1.165) is 52.5 Å². The van der Waals surface area contributed by atoms with Gasteiger partial charge in [0, 0.05) is 19.6 Å². The molecule has 0 saturated carbocycles. The third kappa shape index (κ3) is 3.32. The van der Waals surface area contributed by atoms with Gasteiger partial charge in [0.2, 0.25) is 0 Å². The van der Waals surface area contributed by atoms with Crippen LogP contribution < -0.4 is 0 Å². The highest BCUT2D eigenvalue weighted by molar-refractivity contribution is 5.69. The molecule has 0 N–H and O–H groups in total. The van der Waals surface area contributed by atoms with Crippen molar-refractivity contribution >= 4 is 0 Å². The quantitative estimate of drug-likeness (QED) is 0.865. The molecule has 2 aromatic carbocycles. The van der Waals surface area contributed by atoms with E-state index < -0.39 is 0 Å². The molecule has 1 saturated heterocycles. The summed E-state index contributed by atoms with van der Waals surface area (Å²) in [6, 6.07) is 15.5. The monoisotopic (exact) mass is 309 g/mol. The second-order valence-corrected chi connectivity index (χ2v) is 6.34. The van der Waals surface area contributed by atoms with Crippen LogP contribution in [-0.2, 0) is 29.1 Å². The zero-order valence-corrected chi connectivity index (χ0v) is 13.5. The summed E-state index contributed by atoms with van der Waals surface area (Å²) in [6.07, 6.45) is 1.10. The smallest absolute Gasteiger partial charge is 0.0731 e. The fourth-order valence-corrected chi connectivity index (χ4v) is 3.48. The molecule has 2 aliphatic rings. The molecule has 0 spiro atoms. The number of ether oxygens (including phenoxy) is 2. The Hall–Kier alpha value is -1.68. The summed E-state index contributed by atoms with van der Waals surface area (Å²) in [4.78, 5) is 2.49. The Balaban J connectivity index is 1.51. The van der Waals surface area contributed by atoms with Gasteiger partial charge in [0.15, 0.2) is 0 Å². The number of benzene rings is 2. The summed E-state index contributed by atoms with van der Waals surface area (Å²) in [5.74, 6) is 0. The molecule has 120 valence electrons. The minimum absolute atomic E-state index is 0.740. The Kier molecular flexibility index (Phi) is 4.42. The average Bonchev–Trinajstić information content (AvgIpc) is 3.10. The van der Waals surface area contributed by atoms with E-state index >= 15 is 0 Å². The molecule has 0 radical (unpaired) electrons. The molecule has 2 heterocycles. The van der Waals surface area contributed by atoms with Crippen molar-refractivity contribution in [3.8, 4) is 11.1 Å². The lowest BCUT2D eigenvalue weighted by atomic mass is 9.95. The van der Waals surface area contributed by atoms with Crippen molar-refractivity contribution in [2.75, 3.05) is 32.8 Å². The Morgan fingerprint density at radius 2 is 1.78 bits per heavy atom. The second kappa shape index (κ2) is 6.83. The van der Waals surface area contributed by atoms with Crippen LogP contribution in [0, 0.1) is 0 Å². The van der Waals surface area contributed by atoms with E-state index in [-0.39, 0.29) is 0 Å². The molecule has 0 unspecified atom stereocenters. The molecule has 0 amide bonds. The standard InChI is InChI=1S/C20H23NO2/c1-3-16(7-8-21-9-11-22-12-10-21)13-17(4-1)19-6-2-5-18-14-23-15-20(18)19/h1-6,13H,7-12,14-15H2. The van der Waals surface area contributed by atoms with Crippen LogP contribution in [-0.4, -0.2) is 37.7 Å². The summed E-state index contributed by atoms with van der Waals surface area (Å²) >= 11 is 0. The maximum atomic E-state index is 5.62. The van der Waals surface area contributed by atoms with Crippen molar-refractivity contribution in [3.63, 3.8) is 0 Å². The Bertz CT molecular complexity index is 677. The third-order valence-corrected chi connectivity index (χ3v) is 4.84. The second-order valence-electron chi connectivity index (χ2n) is 6.34. The van der Waals surface area contributed by atoms with Crippen LogP contribution in [0.4, 0.5) is 0 Å². The van der Waals surface area contributed by atoms with Crippen molar-refractivity contribution in [2.24, 2.45) is 0 Å². The first kappa shape index (κ1) is 14.9. The van der Waals surface area contributed by atoms with Gasteiger partial charge in [-0.2, -0.15) is 0 Å². The third-order valence-electron chi connectivity index (χ3n) is 4.84. The molecule has 4 rings (SSSR count). The first-order valence-electron chi connectivity index (χ1n) is 8.48. The van der Waals surface area contributed by atoms with Gasteiger partial charge in [-0.25, -0.2) is 0 Å². The normalized spacial score (nSPS) is 18.1. The molecule has 0 aromatic heterocycles. The first-order valence-corrected chi connectivity index (χ1v) is 8.48. The Labute approximate surface area is 137 Å². The largest absolute Gasteiger partial charge is 0.379 e. The molecular formula is C20H23NO2. The number of fused-ring (bicyclic) bond motifs is 1. The fourth-order valence-electron chi connectivity index (χ4n) is 3.48. The number of nitrogens with zero attached hydrogens (tertiary/aromatic N) is 1. The van der Waals surface area contributed by atoms with E-state index in [0.29, 0.717) is 0 Å². The van der Waals surface area contributed by atoms with Crippen molar-refractivity contribution in [2.45, 2.75) is 19.6 Å². The molecule has 0 atom stereocenters. The van der Waals surface area contributed by atoms with Crippen LogP contribution in [0.3, 0.4) is 0 Å². The SMILES string of the molecule is c1cc(CCN2CCOCC2)cc(-c2cccc3c2COC3)c1. The summed E-state index contributed by atoms with van der Waals surface area (Å²) in [7, 11) is 0. The van der Waals surface area contributed by atoms with E-state index in [9.17, 15) is 0 Å². The van der Waals surface area contributed by atoms with E-state index in [1.165, 1.54) is 27.8 Å². The molecule has 3 nitrogen and oxygen atoms in total. The number of hydrogen-bond acceptors (Lipinski definition) is 3. The first-order chi connectivity index (χ1) is 11.4. The van der Waals surface area contributed by atoms with E-state index in [1.807, 2.05) is 0 Å².